The number of nitrogens with zero attached hydrogens (tertiary/aromatic N) is 2. The van der Waals surface area contributed by atoms with Crippen molar-refractivity contribution in [1.82, 2.24) is 9.80 Å². The van der Waals surface area contributed by atoms with E-state index in [0.717, 1.165) is 50.7 Å². The Balaban J connectivity index is 2.24. The molecule has 38 heavy (non-hydrogen) atoms. The van der Waals surface area contributed by atoms with E-state index in [9.17, 15) is 14.4 Å². The number of likely N-dealkylation sites (N-methyl/N-ethyl adjacent to an activating group) is 1. The molecule has 0 radical (unpaired) electrons. The molecule has 0 bridgehead atoms. The smallest absolute Gasteiger partial charge is 0.328 e. The highest BCUT2D eigenvalue weighted by atomic mass is 16.5. The zero-order valence-electron chi connectivity index (χ0n) is 22.9. The summed E-state index contributed by atoms with van der Waals surface area (Å²) in [6.07, 6.45) is 33.6. The first-order valence-electron chi connectivity index (χ1n) is 13.4. The van der Waals surface area contributed by atoms with Crippen LogP contribution < -0.4 is 0 Å². The highest BCUT2D eigenvalue weighted by molar-refractivity contribution is 5.94. The van der Waals surface area contributed by atoms with Crippen molar-refractivity contribution in [2.45, 2.75) is 64.5 Å². The van der Waals surface area contributed by atoms with E-state index < -0.39 is 18.0 Å². The van der Waals surface area contributed by atoms with E-state index in [2.05, 4.69) is 67.7 Å². The van der Waals surface area contributed by atoms with Crippen molar-refractivity contribution in [1.29, 1.82) is 0 Å². The number of hydrogen-bond donors (Lipinski definition) is 1. The molecule has 1 rings (SSSR count). The lowest BCUT2D eigenvalue weighted by Gasteiger charge is -2.40. The van der Waals surface area contributed by atoms with Crippen LogP contribution >= 0.6 is 0 Å². The second-order valence-corrected chi connectivity index (χ2v) is 8.72. The minimum atomic E-state index is -1.20. The van der Waals surface area contributed by atoms with Crippen molar-refractivity contribution in [2.75, 3.05) is 26.8 Å². The normalized spacial score (nSPS) is 17.0. The molecule has 0 aliphatic carbocycles. The van der Waals surface area contributed by atoms with Gasteiger partial charge in [-0.1, -0.05) is 79.8 Å². The van der Waals surface area contributed by atoms with Crippen LogP contribution in [0.2, 0.25) is 0 Å². The second kappa shape index (κ2) is 21.6. The summed E-state index contributed by atoms with van der Waals surface area (Å²) in [4.78, 5) is 38.6. The van der Waals surface area contributed by atoms with Gasteiger partial charge in [0.1, 0.15) is 6.17 Å². The van der Waals surface area contributed by atoms with Gasteiger partial charge >= 0.3 is 5.97 Å². The molecule has 2 amide bonds. The fourth-order valence-electron chi connectivity index (χ4n) is 3.60. The minimum absolute atomic E-state index is 0.0558. The predicted molar refractivity (Wildman–Crippen MR) is 153 cm³/mol. The molecular formula is C31H44N2O5. The highest BCUT2D eigenvalue weighted by Gasteiger charge is 2.31. The van der Waals surface area contributed by atoms with Crippen LogP contribution in [-0.4, -0.2) is 65.7 Å². The van der Waals surface area contributed by atoms with E-state index in [0.29, 0.717) is 26.0 Å². The fraction of sp³-hybridized carbons (Fsp3) is 0.452. The van der Waals surface area contributed by atoms with Crippen molar-refractivity contribution in [3.63, 3.8) is 0 Å². The molecule has 1 atom stereocenters. The number of morpholine rings is 1. The number of rotatable bonds is 17. The number of carbonyl (C=O) groups is 3. The van der Waals surface area contributed by atoms with Crippen LogP contribution in [0.3, 0.4) is 0 Å². The van der Waals surface area contributed by atoms with Crippen molar-refractivity contribution < 1.29 is 24.2 Å². The molecular weight excluding hydrogens is 480 g/mol. The Hall–Kier alpha value is -3.45. The maximum Gasteiger partial charge on any atom is 0.328 e. The van der Waals surface area contributed by atoms with Gasteiger partial charge in [0.2, 0.25) is 11.8 Å². The van der Waals surface area contributed by atoms with E-state index in [-0.39, 0.29) is 12.5 Å². The van der Waals surface area contributed by atoms with Crippen molar-refractivity contribution in [2.24, 2.45) is 0 Å². The van der Waals surface area contributed by atoms with Gasteiger partial charge in [0.05, 0.1) is 13.2 Å². The molecule has 7 nitrogen and oxygen atoms in total. The number of carbonyl (C=O) groups excluding carboxylic acids is 2. The van der Waals surface area contributed by atoms with Gasteiger partial charge in [-0.25, -0.2) is 4.79 Å². The molecule has 1 aliphatic heterocycles. The SMILES string of the molecule is CCC=CCC=CCC=CCC=CCC=CCC=CCCC(=O)N1CCOCC1N(C)C(=O)C=CC(=O)O. The summed E-state index contributed by atoms with van der Waals surface area (Å²) in [7, 11) is 1.54. The van der Waals surface area contributed by atoms with Gasteiger partial charge < -0.3 is 19.6 Å². The summed E-state index contributed by atoms with van der Waals surface area (Å²) < 4.78 is 5.44. The summed E-state index contributed by atoms with van der Waals surface area (Å²) >= 11 is 0. The molecule has 1 N–H and O–H groups in total. The number of hydrogen-bond acceptors (Lipinski definition) is 4. The van der Waals surface area contributed by atoms with Crippen LogP contribution in [-0.2, 0) is 19.1 Å². The molecule has 1 saturated heterocycles. The lowest BCUT2D eigenvalue weighted by atomic mass is 10.2. The van der Waals surface area contributed by atoms with E-state index in [1.54, 1.807) is 11.9 Å². The zero-order chi connectivity index (χ0) is 27.8. The number of aliphatic carboxylic acids is 1. The molecule has 1 heterocycles. The Labute approximate surface area is 228 Å². The van der Waals surface area contributed by atoms with Crippen molar-refractivity contribution >= 4 is 17.8 Å². The van der Waals surface area contributed by atoms with E-state index in [4.69, 9.17) is 9.84 Å². The van der Waals surface area contributed by atoms with E-state index >= 15 is 0 Å². The van der Waals surface area contributed by atoms with Gasteiger partial charge in [0, 0.05) is 32.2 Å². The number of carboxylic acid groups (broad SMARTS) is 1. The standard InChI is InChI=1S/C31H44N2O5/c1-3-4-5-6-7-8-9-10-11-12-13-14-15-16-17-18-19-20-21-22-30(35)33-25-26-38-27-28(33)32(2)29(34)23-24-31(36)37/h4-5,7-8,10-11,13-14,16-17,19-20,23-24,28H,3,6,9,12,15,18,21-22,25-27H2,1-2H3,(H,36,37). The van der Waals surface area contributed by atoms with Crippen LogP contribution in [0.15, 0.2) is 85.1 Å². The van der Waals surface area contributed by atoms with Gasteiger partial charge in [-0.2, -0.15) is 0 Å². The Bertz CT molecular complexity index is 911. The summed E-state index contributed by atoms with van der Waals surface area (Å²) in [5, 5.41) is 8.71. The minimum Gasteiger partial charge on any atom is -0.478 e. The van der Waals surface area contributed by atoms with Gasteiger partial charge in [-0.3, -0.25) is 9.59 Å². The molecule has 1 aliphatic rings. The average Bonchev–Trinajstić information content (AvgIpc) is 2.92. The van der Waals surface area contributed by atoms with Crippen molar-refractivity contribution in [3.8, 4) is 0 Å². The quantitative estimate of drug-likeness (QED) is 0.193. The Morgan fingerprint density at radius 1 is 0.816 bits per heavy atom. The first-order valence-corrected chi connectivity index (χ1v) is 13.4. The topological polar surface area (TPSA) is 87.2 Å². The van der Waals surface area contributed by atoms with E-state index in [1.807, 2.05) is 12.2 Å². The third-order valence-corrected chi connectivity index (χ3v) is 5.71. The van der Waals surface area contributed by atoms with Crippen LogP contribution in [0.1, 0.15) is 58.3 Å². The molecule has 0 aromatic heterocycles. The molecule has 1 unspecified atom stereocenters. The maximum absolute atomic E-state index is 12.7. The number of allylic oxidation sites excluding steroid dienone is 12. The molecule has 7 heteroatoms. The highest BCUT2D eigenvalue weighted by Crippen LogP contribution is 2.14. The molecule has 0 saturated carbocycles. The average molecular weight is 525 g/mol. The largest absolute Gasteiger partial charge is 0.478 e. The second-order valence-electron chi connectivity index (χ2n) is 8.72. The first-order chi connectivity index (χ1) is 18.5. The number of ether oxygens (including phenoxy) is 1. The molecule has 0 spiro atoms. The van der Waals surface area contributed by atoms with Gasteiger partial charge in [-0.05, 0) is 44.9 Å². The Morgan fingerprint density at radius 3 is 1.82 bits per heavy atom. The number of carboxylic acids is 1. The van der Waals surface area contributed by atoms with Crippen LogP contribution in [0.25, 0.3) is 0 Å². The molecule has 0 aromatic rings. The van der Waals surface area contributed by atoms with Crippen LogP contribution in [0.5, 0.6) is 0 Å². The third kappa shape index (κ3) is 15.6. The van der Waals surface area contributed by atoms with Gasteiger partial charge in [0.15, 0.2) is 0 Å². The van der Waals surface area contributed by atoms with Crippen LogP contribution in [0.4, 0.5) is 0 Å². The van der Waals surface area contributed by atoms with Crippen LogP contribution in [0, 0.1) is 0 Å². The summed E-state index contributed by atoms with van der Waals surface area (Å²) in [6, 6.07) is 0. The molecule has 1 fully saturated rings. The zero-order valence-corrected chi connectivity index (χ0v) is 22.9. The summed E-state index contributed by atoms with van der Waals surface area (Å²) in [5.74, 6) is -1.74. The Kier molecular flexibility index (Phi) is 18.5. The predicted octanol–water partition coefficient (Wildman–Crippen LogP) is 5.75. The first kappa shape index (κ1) is 32.6. The lowest BCUT2D eigenvalue weighted by Crippen LogP contribution is -2.57. The Morgan fingerprint density at radius 2 is 1.32 bits per heavy atom. The van der Waals surface area contributed by atoms with Gasteiger partial charge in [-0.15, -0.1) is 0 Å². The van der Waals surface area contributed by atoms with E-state index in [1.165, 1.54) is 4.90 Å². The molecule has 0 aromatic carbocycles. The number of amides is 2. The summed E-state index contributed by atoms with van der Waals surface area (Å²) in [6.45, 7) is 3.15. The lowest BCUT2D eigenvalue weighted by molar-refractivity contribution is -0.153. The monoisotopic (exact) mass is 524 g/mol. The third-order valence-electron chi connectivity index (χ3n) is 5.71. The van der Waals surface area contributed by atoms with Crippen molar-refractivity contribution in [3.05, 3.63) is 85.1 Å². The summed E-state index contributed by atoms with van der Waals surface area (Å²) in [5.41, 5.74) is 0. The molecule has 208 valence electrons. The maximum atomic E-state index is 12.7. The fourth-order valence-corrected chi connectivity index (χ4v) is 3.60. The van der Waals surface area contributed by atoms with Gasteiger partial charge in [0.25, 0.3) is 0 Å².